The van der Waals surface area contributed by atoms with Crippen LogP contribution in [0.25, 0.3) is 5.57 Å². The number of hydrogen-bond donors (Lipinski definition) is 1. The average Bonchev–Trinajstić information content (AvgIpc) is 2.64. The highest BCUT2D eigenvalue weighted by Crippen LogP contribution is 2.48. The molecule has 1 heteroatoms. The maximum atomic E-state index is 10.6. The van der Waals surface area contributed by atoms with E-state index in [-0.39, 0.29) is 6.10 Å². The van der Waals surface area contributed by atoms with Crippen molar-refractivity contribution in [2.45, 2.75) is 38.7 Å². The minimum atomic E-state index is -0.234. The molecule has 17 heavy (non-hydrogen) atoms. The fourth-order valence-electron chi connectivity index (χ4n) is 3.74. The van der Waals surface area contributed by atoms with Gasteiger partial charge in [0, 0.05) is 0 Å². The van der Waals surface area contributed by atoms with Crippen molar-refractivity contribution in [3.05, 3.63) is 41.5 Å². The Kier molecular flexibility index (Phi) is 2.79. The normalized spacial score (nSPS) is 32.7. The fourth-order valence-corrected chi connectivity index (χ4v) is 3.74. The number of fused-ring (bicyclic) bond motifs is 1. The van der Waals surface area contributed by atoms with Crippen LogP contribution in [0.1, 0.15) is 38.2 Å². The second-order valence-electron chi connectivity index (χ2n) is 5.46. The number of allylic oxidation sites excluding steroid dienone is 1. The summed E-state index contributed by atoms with van der Waals surface area (Å²) < 4.78 is 0. The summed E-state index contributed by atoms with van der Waals surface area (Å²) in [7, 11) is 0. The molecule has 2 aliphatic carbocycles. The smallest absolute Gasteiger partial charge is 0.0829 e. The zero-order valence-corrected chi connectivity index (χ0v) is 10.4. The molecule has 3 rings (SSSR count). The van der Waals surface area contributed by atoms with Crippen molar-refractivity contribution in [2.24, 2.45) is 11.8 Å². The molecular formula is C16H20O. The van der Waals surface area contributed by atoms with Gasteiger partial charge in [0.25, 0.3) is 0 Å². The summed E-state index contributed by atoms with van der Waals surface area (Å²) >= 11 is 0. The third kappa shape index (κ3) is 1.73. The van der Waals surface area contributed by atoms with Crippen molar-refractivity contribution >= 4 is 5.57 Å². The maximum Gasteiger partial charge on any atom is 0.0829 e. The molecule has 0 amide bonds. The number of rotatable bonds is 1. The van der Waals surface area contributed by atoms with Gasteiger partial charge in [-0.2, -0.15) is 0 Å². The van der Waals surface area contributed by atoms with E-state index in [2.05, 4.69) is 31.2 Å². The lowest BCUT2D eigenvalue weighted by Gasteiger charge is -2.28. The van der Waals surface area contributed by atoms with E-state index in [1.54, 1.807) is 0 Å². The van der Waals surface area contributed by atoms with Gasteiger partial charge in [0.2, 0.25) is 0 Å². The summed E-state index contributed by atoms with van der Waals surface area (Å²) in [5.41, 5.74) is 3.86. The van der Waals surface area contributed by atoms with E-state index in [1.165, 1.54) is 42.4 Å². The zero-order chi connectivity index (χ0) is 11.8. The van der Waals surface area contributed by atoms with Crippen LogP contribution in [-0.4, -0.2) is 11.2 Å². The quantitative estimate of drug-likeness (QED) is 0.778. The van der Waals surface area contributed by atoms with Crippen LogP contribution in [0.2, 0.25) is 0 Å². The van der Waals surface area contributed by atoms with Crippen LogP contribution in [0, 0.1) is 11.8 Å². The van der Waals surface area contributed by atoms with Gasteiger partial charge in [-0.05, 0) is 42.7 Å². The molecular weight excluding hydrogens is 208 g/mol. The first-order chi connectivity index (χ1) is 8.29. The van der Waals surface area contributed by atoms with Gasteiger partial charge in [-0.25, -0.2) is 0 Å². The standard InChI is InChI=1S/C16H20O/c1-11-13-9-5-6-10-14(13)16(17)15(11)12-7-3-2-4-8-12/h2-4,7-8,13-14,16-17H,5-6,9-10H2,1H3/t13-,14-,16+/m0/s1. The molecule has 0 heterocycles. The first kappa shape index (κ1) is 11.0. The zero-order valence-electron chi connectivity index (χ0n) is 10.4. The van der Waals surface area contributed by atoms with Gasteiger partial charge in [-0.1, -0.05) is 48.7 Å². The van der Waals surface area contributed by atoms with Crippen LogP contribution in [-0.2, 0) is 0 Å². The molecule has 0 spiro atoms. The van der Waals surface area contributed by atoms with Gasteiger partial charge in [0.05, 0.1) is 6.10 Å². The SMILES string of the molecule is CC1=C(c2ccccc2)[C@H](O)[C@H]2CCCC[C@@H]12. The third-order valence-corrected chi connectivity index (χ3v) is 4.59. The molecule has 0 aromatic heterocycles. The van der Waals surface area contributed by atoms with Gasteiger partial charge in [0.1, 0.15) is 0 Å². The Bertz CT molecular complexity index is 432. The van der Waals surface area contributed by atoms with Crippen molar-refractivity contribution in [2.75, 3.05) is 0 Å². The van der Waals surface area contributed by atoms with E-state index in [4.69, 9.17) is 0 Å². The van der Waals surface area contributed by atoms with Gasteiger partial charge < -0.3 is 5.11 Å². The molecule has 1 saturated carbocycles. The summed E-state index contributed by atoms with van der Waals surface area (Å²) in [4.78, 5) is 0. The highest BCUT2D eigenvalue weighted by atomic mass is 16.3. The van der Waals surface area contributed by atoms with Crippen molar-refractivity contribution in [1.29, 1.82) is 0 Å². The second kappa shape index (κ2) is 4.30. The number of aliphatic hydroxyl groups is 1. The number of hydrogen-bond acceptors (Lipinski definition) is 1. The minimum Gasteiger partial charge on any atom is -0.388 e. The lowest BCUT2D eigenvalue weighted by Crippen LogP contribution is -2.25. The Morgan fingerprint density at radius 2 is 1.76 bits per heavy atom. The minimum absolute atomic E-state index is 0.234. The van der Waals surface area contributed by atoms with E-state index in [1.807, 2.05) is 6.07 Å². The Morgan fingerprint density at radius 1 is 1.06 bits per heavy atom. The molecule has 1 aromatic carbocycles. The molecule has 1 aromatic rings. The van der Waals surface area contributed by atoms with Gasteiger partial charge in [-0.15, -0.1) is 0 Å². The Balaban J connectivity index is 2.01. The Hall–Kier alpha value is -1.08. The molecule has 1 nitrogen and oxygen atoms in total. The predicted octanol–water partition coefficient (Wildman–Crippen LogP) is 3.64. The van der Waals surface area contributed by atoms with E-state index in [0.717, 1.165) is 0 Å². The summed E-state index contributed by atoms with van der Waals surface area (Å²) in [6.45, 7) is 2.22. The lowest BCUT2D eigenvalue weighted by atomic mass is 9.78. The van der Waals surface area contributed by atoms with Crippen LogP contribution < -0.4 is 0 Å². The first-order valence-corrected chi connectivity index (χ1v) is 6.73. The van der Waals surface area contributed by atoms with Crippen LogP contribution in [0.15, 0.2) is 35.9 Å². The van der Waals surface area contributed by atoms with E-state index in [0.29, 0.717) is 11.8 Å². The number of benzene rings is 1. The summed E-state index contributed by atoms with van der Waals surface area (Å²) in [5.74, 6) is 1.12. The molecule has 0 saturated heterocycles. The highest BCUT2D eigenvalue weighted by molar-refractivity contribution is 5.74. The van der Waals surface area contributed by atoms with Gasteiger partial charge >= 0.3 is 0 Å². The Labute approximate surface area is 103 Å². The molecule has 90 valence electrons. The third-order valence-electron chi connectivity index (χ3n) is 4.59. The molecule has 1 fully saturated rings. The molecule has 0 aliphatic heterocycles. The fraction of sp³-hybridized carbons (Fsp3) is 0.500. The molecule has 0 unspecified atom stereocenters. The molecule has 3 atom stereocenters. The lowest BCUT2D eigenvalue weighted by molar-refractivity contribution is 0.119. The molecule has 2 aliphatic rings. The second-order valence-corrected chi connectivity index (χ2v) is 5.46. The van der Waals surface area contributed by atoms with Crippen LogP contribution >= 0.6 is 0 Å². The van der Waals surface area contributed by atoms with Gasteiger partial charge in [-0.3, -0.25) is 0 Å². The molecule has 0 radical (unpaired) electrons. The Morgan fingerprint density at radius 3 is 2.47 bits per heavy atom. The molecule has 0 bridgehead atoms. The van der Waals surface area contributed by atoms with Crippen molar-refractivity contribution < 1.29 is 5.11 Å². The molecule has 1 N–H and O–H groups in total. The van der Waals surface area contributed by atoms with Crippen LogP contribution in [0.3, 0.4) is 0 Å². The van der Waals surface area contributed by atoms with Crippen molar-refractivity contribution in [3.8, 4) is 0 Å². The van der Waals surface area contributed by atoms with Crippen molar-refractivity contribution in [1.82, 2.24) is 0 Å². The van der Waals surface area contributed by atoms with Crippen LogP contribution in [0.5, 0.6) is 0 Å². The summed E-state index contributed by atoms with van der Waals surface area (Å²) in [6.07, 6.45) is 4.84. The first-order valence-electron chi connectivity index (χ1n) is 6.73. The summed E-state index contributed by atoms with van der Waals surface area (Å²) in [5, 5.41) is 10.6. The summed E-state index contributed by atoms with van der Waals surface area (Å²) in [6, 6.07) is 10.4. The highest BCUT2D eigenvalue weighted by Gasteiger charge is 2.41. The largest absolute Gasteiger partial charge is 0.388 e. The monoisotopic (exact) mass is 228 g/mol. The average molecular weight is 228 g/mol. The topological polar surface area (TPSA) is 20.2 Å². The van der Waals surface area contributed by atoms with Crippen LogP contribution in [0.4, 0.5) is 0 Å². The van der Waals surface area contributed by atoms with E-state index < -0.39 is 0 Å². The predicted molar refractivity (Wildman–Crippen MR) is 70.5 cm³/mol. The van der Waals surface area contributed by atoms with Crippen molar-refractivity contribution in [3.63, 3.8) is 0 Å². The maximum absolute atomic E-state index is 10.6. The van der Waals surface area contributed by atoms with E-state index in [9.17, 15) is 5.11 Å². The number of aliphatic hydroxyl groups excluding tert-OH is 1. The van der Waals surface area contributed by atoms with Gasteiger partial charge in [0.15, 0.2) is 0 Å². The van der Waals surface area contributed by atoms with E-state index >= 15 is 0 Å².